The Morgan fingerprint density at radius 3 is 2.41 bits per heavy atom. The number of aryl methyl sites for hydroxylation is 1. The third-order valence-corrected chi connectivity index (χ3v) is 3.81. The van der Waals surface area contributed by atoms with Gasteiger partial charge < -0.3 is 20.8 Å². The standard InChI is InChI=1S/C15H22Cl2N2O3/c1-10-2-3-11(19(6-4-16)7-5-17)8-12(10)15(22)13(18)9-14(20)21/h2-3,8,13,15,22H,4-7,9,18H2,1H3,(H,20,21)/t13-,15?/m1/s1. The molecule has 0 aliphatic heterocycles. The van der Waals surface area contributed by atoms with Crippen LogP contribution in [0.2, 0.25) is 0 Å². The van der Waals surface area contributed by atoms with Gasteiger partial charge in [0.1, 0.15) is 0 Å². The Hall–Kier alpha value is -1.01. The summed E-state index contributed by atoms with van der Waals surface area (Å²) in [5.41, 5.74) is 8.13. The monoisotopic (exact) mass is 348 g/mol. The number of carboxylic acid groups (broad SMARTS) is 1. The third-order valence-electron chi connectivity index (χ3n) is 3.47. The van der Waals surface area contributed by atoms with E-state index >= 15 is 0 Å². The van der Waals surface area contributed by atoms with Crippen molar-refractivity contribution in [1.82, 2.24) is 0 Å². The summed E-state index contributed by atoms with van der Waals surface area (Å²) in [6, 6.07) is 4.76. The van der Waals surface area contributed by atoms with Gasteiger partial charge in [-0.25, -0.2) is 0 Å². The van der Waals surface area contributed by atoms with E-state index in [-0.39, 0.29) is 6.42 Å². The third kappa shape index (κ3) is 5.32. The molecule has 0 spiro atoms. The molecule has 0 bridgehead atoms. The molecule has 0 saturated carbocycles. The number of alkyl halides is 2. The fraction of sp³-hybridized carbons (Fsp3) is 0.533. The van der Waals surface area contributed by atoms with Gasteiger partial charge in [-0.1, -0.05) is 6.07 Å². The highest BCUT2D eigenvalue weighted by Crippen LogP contribution is 2.26. The van der Waals surface area contributed by atoms with E-state index in [1.165, 1.54) is 0 Å². The molecule has 0 amide bonds. The molecule has 5 nitrogen and oxygen atoms in total. The number of nitrogens with zero attached hydrogens (tertiary/aromatic N) is 1. The maximum atomic E-state index is 10.7. The molecule has 0 aliphatic carbocycles. The summed E-state index contributed by atoms with van der Waals surface area (Å²) < 4.78 is 0. The summed E-state index contributed by atoms with van der Waals surface area (Å²) in [6.07, 6.45) is -1.33. The molecule has 2 atom stereocenters. The number of aliphatic carboxylic acids is 1. The molecule has 0 fully saturated rings. The summed E-state index contributed by atoms with van der Waals surface area (Å²) in [4.78, 5) is 12.8. The molecular formula is C15H22Cl2N2O3. The molecule has 0 radical (unpaired) electrons. The minimum Gasteiger partial charge on any atom is -0.481 e. The van der Waals surface area contributed by atoms with Crippen LogP contribution in [0, 0.1) is 6.92 Å². The largest absolute Gasteiger partial charge is 0.481 e. The van der Waals surface area contributed by atoms with Crippen molar-refractivity contribution >= 4 is 34.9 Å². The number of benzene rings is 1. The second-order valence-corrected chi connectivity index (χ2v) is 5.87. The van der Waals surface area contributed by atoms with Crippen LogP contribution in [0.15, 0.2) is 18.2 Å². The van der Waals surface area contributed by atoms with Crippen molar-refractivity contribution in [3.8, 4) is 0 Å². The Morgan fingerprint density at radius 1 is 1.32 bits per heavy atom. The summed E-state index contributed by atoms with van der Waals surface area (Å²) in [5.74, 6) is -0.117. The number of halogens is 2. The zero-order valence-electron chi connectivity index (χ0n) is 12.5. The fourth-order valence-electron chi connectivity index (χ4n) is 2.26. The van der Waals surface area contributed by atoms with Crippen LogP contribution >= 0.6 is 23.2 Å². The topological polar surface area (TPSA) is 86.8 Å². The van der Waals surface area contributed by atoms with Crippen molar-refractivity contribution in [2.45, 2.75) is 25.5 Å². The molecule has 4 N–H and O–H groups in total. The van der Waals surface area contributed by atoms with Gasteiger partial charge in [0, 0.05) is 36.6 Å². The normalized spacial score (nSPS) is 13.7. The smallest absolute Gasteiger partial charge is 0.305 e. The van der Waals surface area contributed by atoms with E-state index in [1.807, 2.05) is 30.0 Å². The van der Waals surface area contributed by atoms with Crippen LogP contribution in [-0.4, -0.2) is 47.1 Å². The summed E-state index contributed by atoms with van der Waals surface area (Å²) in [7, 11) is 0. The minimum atomic E-state index is -1.04. The molecular weight excluding hydrogens is 327 g/mol. The van der Waals surface area contributed by atoms with Crippen LogP contribution in [0.3, 0.4) is 0 Å². The zero-order chi connectivity index (χ0) is 16.7. The SMILES string of the molecule is Cc1ccc(N(CCCl)CCCl)cc1C(O)[C@H](N)CC(=O)O. The fourth-order valence-corrected chi connectivity index (χ4v) is 2.67. The van der Waals surface area contributed by atoms with E-state index in [9.17, 15) is 9.90 Å². The molecule has 124 valence electrons. The van der Waals surface area contributed by atoms with E-state index in [0.29, 0.717) is 30.4 Å². The lowest BCUT2D eigenvalue weighted by Gasteiger charge is -2.26. The number of aliphatic hydroxyl groups is 1. The first-order valence-electron chi connectivity index (χ1n) is 7.03. The number of nitrogens with two attached hydrogens (primary N) is 1. The van der Waals surface area contributed by atoms with Crippen molar-refractivity contribution in [3.05, 3.63) is 29.3 Å². The first kappa shape index (κ1) is 19.0. The van der Waals surface area contributed by atoms with Gasteiger partial charge in [0.15, 0.2) is 0 Å². The van der Waals surface area contributed by atoms with E-state index in [0.717, 1.165) is 11.3 Å². The van der Waals surface area contributed by atoms with Crippen LogP contribution < -0.4 is 10.6 Å². The van der Waals surface area contributed by atoms with Gasteiger partial charge >= 0.3 is 5.97 Å². The Morgan fingerprint density at radius 2 is 1.91 bits per heavy atom. The van der Waals surface area contributed by atoms with Crippen molar-refractivity contribution in [2.75, 3.05) is 29.7 Å². The first-order chi connectivity index (χ1) is 10.4. The predicted octanol–water partition coefficient (Wildman–Crippen LogP) is 2.11. The highest BCUT2D eigenvalue weighted by Gasteiger charge is 2.22. The average Bonchev–Trinajstić information content (AvgIpc) is 2.46. The van der Waals surface area contributed by atoms with Gasteiger partial charge in [0.25, 0.3) is 0 Å². The number of carbonyl (C=O) groups is 1. The van der Waals surface area contributed by atoms with Crippen molar-refractivity contribution in [3.63, 3.8) is 0 Å². The molecule has 1 unspecified atom stereocenters. The number of aliphatic hydroxyl groups excluding tert-OH is 1. The van der Waals surface area contributed by atoms with Crippen molar-refractivity contribution < 1.29 is 15.0 Å². The maximum Gasteiger partial charge on any atom is 0.305 e. The first-order valence-corrected chi connectivity index (χ1v) is 8.10. The van der Waals surface area contributed by atoms with Gasteiger partial charge in [-0.15, -0.1) is 23.2 Å². The lowest BCUT2D eigenvalue weighted by molar-refractivity contribution is -0.138. The zero-order valence-corrected chi connectivity index (χ0v) is 14.0. The number of rotatable bonds is 9. The number of anilines is 1. The van der Waals surface area contributed by atoms with Gasteiger partial charge in [0.2, 0.25) is 0 Å². The van der Waals surface area contributed by atoms with Crippen LogP contribution in [0.25, 0.3) is 0 Å². The van der Waals surface area contributed by atoms with Crippen LogP contribution in [-0.2, 0) is 4.79 Å². The van der Waals surface area contributed by atoms with E-state index < -0.39 is 18.1 Å². The Bertz CT molecular complexity index is 494. The Kier molecular flexibility index (Phi) is 7.96. The number of hydrogen-bond acceptors (Lipinski definition) is 4. The van der Waals surface area contributed by atoms with E-state index in [2.05, 4.69) is 0 Å². The molecule has 0 saturated heterocycles. The van der Waals surface area contributed by atoms with Crippen molar-refractivity contribution in [1.29, 1.82) is 0 Å². The van der Waals surface area contributed by atoms with Gasteiger partial charge in [0.05, 0.1) is 12.5 Å². The van der Waals surface area contributed by atoms with Gasteiger partial charge in [-0.3, -0.25) is 4.79 Å². The van der Waals surface area contributed by atoms with Crippen molar-refractivity contribution in [2.24, 2.45) is 5.73 Å². The molecule has 0 heterocycles. The molecule has 7 heteroatoms. The van der Waals surface area contributed by atoms with E-state index in [1.54, 1.807) is 0 Å². The second-order valence-electron chi connectivity index (χ2n) is 5.11. The maximum absolute atomic E-state index is 10.7. The summed E-state index contributed by atoms with van der Waals surface area (Å²) >= 11 is 11.6. The molecule has 1 rings (SSSR count). The van der Waals surface area contributed by atoms with Crippen LogP contribution in [0.5, 0.6) is 0 Å². The molecule has 0 aliphatic rings. The Labute approximate surface area is 140 Å². The molecule has 0 aromatic heterocycles. The Balaban J connectivity index is 3.04. The summed E-state index contributed by atoms with van der Waals surface area (Å²) in [5, 5.41) is 19.1. The predicted molar refractivity (Wildman–Crippen MR) is 90.0 cm³/mol. The second kappa shape index (κ2) is 9.20. The number of hydrogen-bond donors (Lipinski definition) is 3. The van der Waals surface area contributed by atoms with Crippen LogP contribution in [0.4, 0.5) is 5.69 Å². The number of carboxylic acids is 1. The molecule has 22 heavy (non-hydrogen) atoms. The summed E-state index contributed by atoms with van der Waals surface area (Å²) in [6.45, 7) is 3.12. The highest BCUT2D eigenvalue weighted by molar-refractivity contribution is 6.18. The van der Waals surface area contributed by atoms with Crippen LogP contribution in [0.1, 0.15) is 23.7 Å². The minimum absolute atomic E-state index is 0.294. The van der Waals surface area contributed by atoms with Gasteiger partial charge in [-0.05, 0) is 30.2 Å². The highest BCUT2D eigenvalue weighted by atomic mass is 35.5. The van der Waals surface area contributed by atoms with E-state index in [4.69, 9.17) is 34.0 Å². The van der Waals surface area contributed by atoms with Gasteiger partial charge in [-0.2, -0.15) is 0 Å². The lowest BCUT2D eigenvalue weighted by Crippen LogP contribution is -2.32. The molecule has 1 aromatic rings. The quantitative estimate of drug-likeness (QED) is 0.595. The lowest BCUT2D eigenvalue weighted by atomic mass is 9.96. The average molecular weight is 349 g/mol. The molecule has 1 aromatic carbocycles.